The van der Waals surface area contributed by atoms with E-state index in [1.807, 2.05) is 0 Å². The Morgan fingerprint density at radius 2 is 1.86 bits per heavy atom. The van der Waals surface area contributed by atoms with Gasteiger partial charge in [-0.05, 0) is 0 Å². The molecule has 5 heteroatoms. The molecule has 0 saturated carbocycles. The van der Waals surface area contributed by atoms with Crippen LogP contribution in [0.5, 0.6) is 0 Å². The van der Waals surface area contributed by atoms with Crippen molar-refractivity contribution in [3.8, 4) is 0 Å². The number of hydrogen-bond donors (Lipinski definition) is 2. The van der Waals surface area contributed by atoms with Crippen LogP contribution < -0.4 is 4.46 Å². The third-order valence-electron chi connectivity index (χ3n) is 1.59. The summed E-state index contributed by atoms with van der Waals surface area (Å²) in [5.41, 5.74) is -0.330. The number of carboxylic acids is 2. The Morgan fingerprint density at radius 3 is 2.29 bits per heavy atom. The molecule has 0 unspecified atom stereocenters. The first-order chi connectivity index (χ1) is 6.57. The maximum absolute atomic E-state index is 10.8. The Kier molecular flexibility index (Phi) is 3.27. The van der Waals surface area contributed by atoms with Crippen molar-refractivity contribution in [2.45, 2.75) is 5.82 Å². The van der Waals surface area contributed by atoms with Gasteiger partial charge in [-0.2, -0.15) is 0 Å². The first kappa shape index (κ1) is 10.8. The van der Waals surface area contributed by atoms with Gasteiger partial charge in [0.05, 0.1) is 0 Å². The van der Waals surface area contributed by atoms with Gasteiger partial charge < -0.3 is 0 Å². The van der Waals surface area contributed by atoms with Crippen LogP contribution in [0.15, 0.2) is 18.2 Å². The van der Waals surface area contributed by atoms with Crippen LogP contribution in [-0.2, 0) is 15.0 Å². The van der Waals surface area contributed by atoms with Gasteiger partial charge in [-0.15, -0.1) is 0 Å². The molecule has 0 aromatic heterocycles. The molecule has 4 nitrogen and oxygen atoms in total. The molecule has 0 atom stereocenters. The second-order valence-electron chi connectivity index (χ2n) is 2.38. The van der Waals surface area contributed by atoms with Gasteiger partial charge in [0.15, 0.2) is 0 Å². The standard InChI is InChI=1S/C8H5O4.CH3.Cu/c9-7(10)5-3-1-2-4-6(5)8(11)12;;/h1-3H,(H,9,10)(H,11,12);1H3;. The normalized spacial score (nSPS) is 10.1. The zero-order chi connectivity index (χ0) is 10.7. The van der Waals surface area contributed by atoms with Gasteiger partial charge in [0.25, 0.3) is 0 Å². The molecule has 79 valence electrons. The van der Waals surface area contributed by atoms with Crippen molar-refractivity contribution in [1.82, 2.24) is 0 Å². The Balaban J connectivity index is 3.43. The number of carboxylic acid groups (broad SMARTS) is 2. The van der Waals surface area contributed by atoms with E-state index in [9.17, 15) is 9.59 Å². The van der Waals surface area contributed by atoms with E-state index >= 15 is 0 Å². The summed E-state index contributed by atoms with van der Waals surface area (Å²) in [5, 5.41) is 17.6. The fourth-order valence-corrected chi connectivity index (χ4v) is 1.73. The molecule has 0 aliphatic heterocycles. The Hall–Kier alpha value is -1.32. The van der Waals surface area contributed by atoms with Crippen molar-refractivity contribution in [3.63, 3.8) is 0 Å². The minimum absolute atomic E-state index is 0.150. The van der Waals surface area contributed by atoms with E-state index in [0.29, 0.717) is 4.46 Å². The van der Waals surface area contributed by atoms with Gasteiger partial charge in [0.2, 0.25) is 0 Å². The van der Waals surface area contributed by atoms with Crippen LogP contribution in [0.2, 0.25) is 5.82 Å². The summed E-state index contributed by atoms with van der Waals surface area (Å²) in [6.07, 6.45) is 0. The Bertz CT molecular complexity index is 386. The van der Waals surface area contributed by atoms with E-state index in [-0.39, 0.29) is 11.1 Å². The summed E-state index contributed by atoms with van der Waals surface area (Å²) in [5.74, 6) is -0.752. The molecular weight excluding hydrogens is 236 g/mol. The molecule has 0 aliphatic carbocycles. The van der Waals surface area contributed by atoms with E-state index in [2.05, 4.69) is 0 Å². The summed E-state index contributed by atoms with van der Waals surface area (Å²) in [7, 11) is 0. The molecule has 14 heavy (non-hydrogen) atoms. The predicted octanol–water partition coefficient (Wildman–Crippen LogP) is 0.839. The summed E-state index contributed by atoms with van der Waals surface area (Å²) in [6, 6.07) is 4.39. The first-order valence-corrected chi connectivity index (χ1v) is 4.96. The third kappa shape index (κ3) is 1.95. The van der Waals surface area contributed by atoms with Gasteiger partial charge in [-0.3, -0.25) is 0 Å². The van der Waals surface area contributed by atoms with E-state index in [0.717, 1.165) is 0 Å². The summed E-state index contributed by atoms with van der Waals surface area (Å²) < 4.78 is 0.446. The van der Waals surface area contributed by atoms with Crippen molar-refractivity contribution < 1.29 is 34.8 Å². The van der Waals surface area contributed by atoms with Crippen molar-refractivity contribution in [3.05, 3.63) is 29.3 Å². The second-order valence-corrected chi connectivity index (χ2v) is 3.36. The molecule has 2 N–H and O–H groups in total. The molecule has 0 aliphatic rings. The second kappa shape index (κ2) is 4.26. The molecule has 0 radical (unpaired) electrons. The van der Waals surface area contributed by atoms with Gasteiger partial charge in [0, 0.05) is 0 Å². The van der Waals surface area contributed by atoms with Crippen LogP contribution in [-0.4, -0.2) is 22.2 Å². The Labute approximate surface area is 86.7 Å². The molecular formula is C9H8CuO4. The molecule has 0 bridgehead atoms. The maximum atomic E-state index is 10.8. The van der Waals surface area contributed by atoms with Crippen molar-refractivity contribution in [2.75, 3.05) is 0 Å². The molecule has 0 amide bonds. The van der Waals surface area contributed by atoms with E-state index < -0.39 is 11.9 Å². The van der Waals surface area contributed by atoms with E-state index in [1.54, 1.807) is 11.9 Å². The van der Waals surface area contributed by atoms with Crippen molar-refractivity contribution in [2.24, 2.45) is 0 Å². The van der Waals surface area contributed by atoms with Gasteiger partial charge >= 0.3 is 86.3 Å². The van der Waals surface area contributed by atoms with E-state index in [4.69, 9.17) is 10.2 Å². The zero-order valence-electron chi connectivity index (χ0n) is 7.24. The van der Waals surface area contributed by atoms with Crippen LogP contribution >= 0.6 is 0 Å². The van der Waals surface area contributed by atoms with Crippen LogP contribution in [0.3, 0.4) is 0 Å². The Morgan fingerprint density at radius 1 is 1.21 bits per heavy atom. The monoisotopic (exact) mass is 243 g/mol. The van der Waals surface area contributed by atoms with E-state index in [1.165, 1.54) is 27.1 Å². The molecule has 0 fully saturated rings. The molecule has 1 rings (SSSR count). The molecule has 1 aromatic carbocycles. The quantitative estimate of drug-likeness (QED) is 0.772. The molecule has 0 spiro atoms. The summed E-state index contributed by atoms with van der Waals surface area (Å²) in [6.45, 7) is 0. The van der Waals surface area contributed by atoms with Crippen LogP contribution in [0.25, 0.3) is 0 Å². The number of hydrogen-bond acceptors (Lipinski definition) is 2. The number of carbonyl (C=O) groups is 2. The molecule has 0 heterocycles. The predicted molar refractivity (Wildman–Crippen MR) is 45.9 cm³/mol. The van der Waals surface area contributed by atoms with Gasteiger partial charge in [-0.25, -0.2) is 0 Å². The molecule has 0 saturated heterocycles. The third-order valence-corrected chi connectivity index (χ3v) is 2.49. The number of rotatable bonds is 3. The molecule has 1 aromatic rings. The van der Waals surface area contributed by atoms with Crippen molar-refractivity contribution >= 4 is 16.4 Å². The average molecular weight is 244 g/mol. The zero-order valence-corrected chi connectivity index (χ0v) is 8.19. The van der Waals surface area contributed by atoms with Gasteiger partial charge in [-0.1, -0.05) is 0 Å². The first-order valence-electron chi connectivity index (χ1n) is 3.55. The van der Waals surface area contributed by atoms with Crippen LogP contribution in [0, 0.1) is 0 Å². The minimum atomic E-state index is -1.23. The van der Waals surface area contributed by atoms with Crippen molar-refractivity contribution in [1.29, 1.82) is 0 Å². The summed E-state index contributed by atoms with van der Waals surface area (Å²) in [4.78, 5) is 21.5. The van der Waals surface area contributed by atoms with Crippen LogP contribution in [0.1, 0.15) is 20.7 Å². The SMILES string of the molecule is [CH3][Cu][c]1cccc(C(=O)O)c1C(=O)O. The van der Waals surface area contributed by atoms with Crippen LogP contribution in [0.4, 0.5) is 0 Å². The number of benzene rings is 1. The van der Waals surface area contributed by atoms with Gasteiger partial charge in [0.1, 0.15) is 0 Å². The fraction of sp³-hybridized carbons (Fsp3) is 0.111. The summed E-state index contributed by atoms with van der Waals surface area (Å²) >= 11 is 1.30. The number of aromatic carboxylic acids is 2. The topological polar surface area (TPSA) is 74.6 Å². The fourth-order valence-electron chi connectivity index (χ4n) is 1.02. The average Bonchev–Trinajstić information content (AvgIpc) is 2.16.